The molecule has 0 saturated carbocycles. The normalized spacial score (nSPS) is 10.5. The van der Waals surface area contributed by atoms with Crippen LogP contribution in [0.3, 0.4) is 0 Å². The van der Waals surface area contributed by atoms with Crippen molar-refractivity contribution in [3.05, 3.63) is 51.3 Å². The number of anilines is 2. The summed E-state index contributed by atoms with van der Waals surface area (Å²) < 4.78 is 14.1. The summed E-state index contributed by atoms with van der Waals surface area (Å²) in [6.07, 6.45) is 0. The van der Waals surface area contributed by atoms with Gasteiger partial charge in [-0.05, 0) is 53.2 Å². The van der Waals surface area contributed by atoms with Gasteiger partial charge in [-0.25, -0.2) is 9.37 Å². The second kappa shape index (κ2) is 5.24. The number of nitrogens with zero attached hydrogens (tertiary/aromatic N) is 2. The summed E-state index contributed by atoms with van der Waals surface area (Å²) in [7, 11) is 1.86. The lowest BCUT2D eigenvalue weighted by atomic mass is 10.2. The Kier molecular flexibility index (Phi) is 3.88. The number of aryl methyl sites for hydroxylation is 1. The Balaban J connectivity index is 2.37. The highest BCUT2D eigenvalue weighted by atomic mass is 79.9. The molecular weight excluding hydrogens is 319 g/mol. The quantitative estimate of drug-likeness (QED) is 0.793. The summed E-state index contributed by atoms with van der Waals surface area (Å²) in [6.45, 7) is 1.92. The first-order valence-corrected chi connectivity index (χ1v) is 6.48. The van der Waals surface area contributed by atoms with Crippen LogP contribution in [0, 0.1) is 12.7 Å². The van der Waals surface area contributed by atoms with E-state index in [1.807, 2.05) is 31.0 Å². The van der Waals surface area contributed by atoms with Gasteiger partial charge < -0.3 is 4.90 Å². The zero-order valence-corrected chi connectivity index (χ0v) is 12.3. The maximum atomic E-state index is 13.1. The van der Waals surface area contributed by atoms with E-state index in [1.165, 1.54) is 6.07 Å². The molecule has 0 fully saturated rings. The van der Waals surface area contributed by atoms with Crippen molar-refractivity contribution in [1.82, 2.24) is 4.98 Å². The number of rotatable bonds is 2. The van der Waals surface area contributed by atoms with Crippen molar-refractivity contribution >= 4 is 39.0 Å². The van der Waals surface area contributed by atoms with Crippen LogP contribution in [0.1, 0.15) is 5.69 Å². The average Bonchev–Trinajstić information content (AvgIpc) is 2.35. The van der Waals surface area contributed by atoms with Gasteiger partial charge in [-0.2, -0.15) is 0 Å². The van der Waals surface area contributed by atoms with Crippen LogP contribution in [0.4, 0.5) is 15.9 Å². The highest BCUT2D eigenvalue weighted by molar-refractivity contribution is 9.10. The van der Waals surface area contributed by atoms with Gasteiger partial charge in [0, 0.05) is 17.2 Å². The molecule has 94 valence electrons. The molecule has 0 N–H and O–H groups in total. The number of pyridine rings is 1. The molecule has 1 aromatic heterocycles. The summed E-state index contributed by atoms with van der Waals surface area (Å²) >= 11 is 9.18. The van der Waals surface area contributed by atoms with Crippen LogP contribution in [0.25, 0.3) is 0 Å². The molecule has 0 radical (unpaired) electrons. The van der Waals surface area contributed by atoms with Gasteiger partial charge in [0.05, 0.1) is 10.7 Å². The van der Waals surface area contributed by atoms with Crippen LogP contribution in [-0.4, -0.2) is 12.0 Å². The predicted octanol–water partition coefficient (Wildman–Crippen LogP) is 4.71. The topological polar surface area (TPSA) is 16.1 Å². The van der Waals surface area contributed by atoms with E-state index in [-0.39, 0.29) is 5.02 Å². The van der Waals surface area contributed by atoms with Crippen LogP contribution in [0.15, 0.2) is 34.8 Å². The van der Waals surface area contributed by atoms with Gasteiger partial charge in [0.25, 0.3) is 0 Å². The molecule has 0 spiro atoms. The first kappa shape index (κ1) is 13.3. The molecule has 0 saturated heterocycles. The second-order valence-corrected chi connectivity index (χ2v) is 5.16. The molecule has 2 aromatic rings. The standard InChI is InChI=1S/C13H11BrClFN2/c1-8-10(14)4-6-13(17-8)18(2)9-3-5-12(16)11(15)7-9/h3-7H,1-2H3. The van der Waals surface area contributed by atoms with Crippen LogP contribution in [0.5, 0.6) is 0 Å². The van der Waals surface area contributed by atoms with Gasteiger partial charge in [0.2, 0.25) is 0 Å². The van der Waals surface area contributed by atoms with E-state index in [9.17, 15) is 4.39 Å². The second-order valence-electron chi connectivity index (χ2n) is 3.89. The molecule has 1 aromatic carbocycles. The predicted molar refractivity (Wildman–Crippen MR) is 76.1 cm³/mol. The molecule has 0 aliphatic carbocycles. The molecule has 2 nitrogen and oxygen atoms in total. The SMILES string of the molecule is Cc1nc(N(C)c2ccc(F)c(Cl)c2)ccc1Br. The molecule has 0 amide bonds. The maximum absolute atomic E-state index is 13.1. The minimum Gasteiger partial charge on any atom is -0.329 e. The first-order chi connectivity index (χ1) is 8.49. The fraction of sp³-hybridized carbons (Fsp3) is 0.154. The summed E-state index contributed by atoms with van der Waals surface area (Å²) in [5.74, 6) is 0.354. The first-order valence-electron chi connectivity index (χ1n) is 5.31. The van der Waals surface area contributed by atoms with Crippen molar-refractivity contribution in [3.8, 4) is 0 Å². The van der Waals surface area contributed by atoms with E-state index >= 15 is 0 Å². The summed E-state index contributed by atoms with van der Waals surface area (Å²) in [5.41, 5.74) is 1.68. The largest absolute Gasteiger partial charge is 0.329 e. The van der Waals surface area contributed by atoms with Crippen LogP contribution < -0.4 is 4.90 Å². The zero-order valence-electron chi connectivity index (χ0n) is 9.92. The monoisotopic (exact) mass is 328 g/mol. The Labute approximate surface area is 119 Å². The minimum absolute atomic E-state index is 0.105. The summed E-state index contributed by atoms with van der Waals surface area (Å²) in [4.78, 5) is 6.30. The Morgan fingerprint density at radius 2 is 2.00 bits per heavy atom. The molecule has 1 heterocycles. The van der Waals surface area contributed by atoms with Crippen molar-refractivity contribution in [2.75, 3.05) is 11.9 Å². The van der Waals surface area contributed by atoms with E-state index < -0.39 is 5.82 Å². The lowest BCUT2D eigenvalue weighted by Crippen LogP contribution is -2.11. The van der Waals surface area contributed by atoms with E-state index in [4.69, 9.17) is 11.6 Å². The number of hydrogen-bond acceptors (Lipinski definition) is 2. The Bertz CT molecular complexity index is 538. The number of aromatic nitrogens is 1. The van der Waals surface area contributed by atoms with E-state index in [2.05, 4.69) is 20.9 Å². The molecule has 0 bridgehead atoms. The van der Waals surface area contributed by atoms with Crippen LogP contribution in [-0.2, 0) is 0 Å². The van der Waals surface area contributed by atoms with Gasteiger partial charge in [-0.3, -0.25) is 0 Å². The van der Waals surface area contributed by atoms with Crippen LogP contribution >= 0.6 is 27.5 Å². The summed E-state index contributed by atoms with van der Waals surface area (Å²) in [6, 6.07) is 8.41. The molecule has 0 aliphatic heterocycles. The fourth-order valence-corrected chi connectivity index (χ4v) is 1.94. The van der Waals surface area contributed by atoms with Gasteiger partial charge in [0.1, 0.15) is 11.6 Å². The van der Waals surface area contributed by atoms with Crippen molar-refractivity contribution in [2.24, 2.45) is 0 Å². The maximum Gasteiger partial charge on any atom is 0.141 e. The molecule has 2 rings (SSSR count). The van der Waals surface area contributed by atoms with Crippen molar-refractivity contribution in [2.45, 2.75) is 6.92 Å². The molecule has 0 aliphatic rings. The van der Waals surface area contributed by atoms with Gasteiger partial charge in [-0.15, -0.1) is 0 Å². The van der Waals surface area contributed by atoms with E-state index in [0.717, 1.165) is 21.7 Å². The lowest BCUT2D eigenvalue weighted by Gasteiger charge is -2.19. The lowest BCUT2D eigenvalue weighted by molar-refractivity contribution is 0.628. The third kappa shape index (κ3) is 2.65. The minimum atomic E-state index is -0.422. The molecule has 5 heteroatoms. The smallest absolute Gasteiger partial charge is 0.141 e. The molecular formula is C13H11BrClFN2. The van der Waals surface area contributed by atoms with Crippen molar-refractivity contribution in [3.63, 3.8) is 0 Å². The number of benzene rings is 1. The Morgan fingerprint density at radius 3 is 2.61 bits per heavy atom. The molecule has 0 unspecified atom stereocenters. The Hall–Kier alpha value is -1.13. The third-order valence-corrected chi connectivity index (χ3v) is 3.77. The van der Waals surface area contributed by atoms with E-state index in [1.54, 1.807) is 12.1 Å². The zero-order chi connectivity index (χ0) is 13.3. The van der Waals surface area contributed by atoms with Gasteiger partial charge >= 0.3 is 0 Å². The summed E-state index contributed by atoms with van der Waals surface area (Å²) in [5, 5.41) is 0.105. The van der Waals surface area contributed by atoms with Crippen molar-refractivity contribution in [1.29, 1.82) is 0 Å². The average molecular weight is 330 g/mol. The highest BCUT2D eigenvalue weighted by Crippen LogP contribution is 2.27. The van der Waals surface area contributed by atoms with Crippen molar-refractivity contribution < 1.29 is 4.39 Å². The number of halogens is 3. The van der Waals surface area contributed by atoms with Gasteiger partial charge in [-0.1, -0.05) is 11.6 Å². The molecule has 0 atom stereocenters. The van der Waals surface area contributed by atoms with E-state index in [0.29, 0.717) is 0 Å². The third-order valence-electron chi connectivity index (χ3n) is 2.64. The molecule has 18 heavy (non-hydrogen) atoms. The Morgan fingerprint density at radius 1 is 1.28 bits per heavy atom. The fourth-order valence-electron chi connectivity index (χ4n) is 1.54. The van der Waals surface area contributed by atoms with Crippen LogP contribution in [0.2, 0.25) is 5.02 Å². The number of hydrogen-bond donors (Lipinski definition) is 0. The van der Waals surface area contributed by atoms with Gasteiger partial charge in [0.15, 0.2) is 0 Å². The highest BCUT2D eigenvalue weighted by Gasteiger charge is 2.09.